The minimum absolute atomic E-state index is 0.0462. The van der Waals surface area contributed by atoms with Gasteiger partial charge in [-0.1, -0.05) is 6.92 Å². The van der Waals surface area contributed by atoms with Crippen molar-refractivity contribution in [1.82, 2.24) is 0 Å². The van der Waals surface area contributed by atoms with E-state index in [1.54, 1.807) is 14.2 Å². The molecule has 4 heteroatoms. The summed E-state index contributed by atoms with van der Waals surface area (Å²) in [6.07, 6.45) is -0.256. The van der Waals surface area contributed by atoms with Crippen LogP contribution >= 0.6 is 0 Å². The molecule has 0 amide bonds. The van der Waals surface area contributed by atoms with Gasteiger partial charge in [0.25, 0.3) is 0 Å². The predicted molar refractivity (Wildman–Crippen MR) is 47.6 cm³/mol. The SMILES string of the molecule is CC[C@@H](OC)[C@H]1OC[C@@H](OC)[C@H]1O. The Bertz CT molecular complexity index is 147. The van der Waals surface area contributed by atoms with E-state index in [0.29, 0.717) is 6.61 Å². The quantitative estimate of drug-likeness (QED) is 0.687. The topological polar surface area (TPSA) is 47.9 Å². The molecule has 0 unspecified atom stereocenters. The summed E-state index contributed by atoms with van der Waals surface area (Å²) in [7, 11) is 3.21. The zero-order valence-corrected chi connectivity index (χ0v) is 8.40. The zero-order chi connectivity index (χ0) is 9.84. The van der Waals surface area contributed by atoms with Crippen molar-refractivity contribution < 1.29 is 19.3 Å². The molecule has 13 heavy (non-hydrogen) atoms. The Morgan fingerprint density at radius 2 is 2.23 bits per heavy atom. The van der Waals surface area contributed by atoms with Crippen LogP contribution in [0.2, 0.25) is 0 Å². The molecular weight excluding hydrogens is 172 g/mol. The van der Waals surface area contributed by atoms with Crippen LogP contribution in [0.5, 0.6) is 0 Å². The van der Waals surface area contributed by atoms with E-state index in [2.05, 4.69) is 0 Å². The molecule has 1 N–H and O–H groups in total. The molecule has 0 saturated carbocycles. The lowest BCUT2D eigenvalue weighted by molar-refractivity contribution is -0.0703. The molecule has 1 aliphatic heterocycles. The third kappa shape index (κ3) is 2.20. The second-order valence-electron chi connectivity index (χ2n) is 3.25. The van der Waals surface area contributed by atoms with Crippen LogP contribution in [0.15, 0.2) is 0 Å². The van der Waals surface area contributed by atoms with Gasteiger partial charge in [0, 0.05) is 14.2 Å². The molecule has 1 heterocycles. The molecule has 0 aromatic carbocycles. The van der Waals surface area contributed by atoms with Gasteiger partial charge in [-0.15, -0.1) is 0 Å². The fourth-order valence-corrected chi connectivity index (χ4v) is 1.68. The van der Waals surface area contributed by atoms with E-state index in [1.165, 1.54) is 0 Å². The minimum atomic E-state index is -0.574. The highest BCUT2D eigenvalue weighted by Gasteiger charge is 2.40. The molecule has 1 fully saturated rings. The van der Waals surface area contributed by atoms with E-state index in [4.69, 9.17) is 14.2 Å². The number of rotatable bonds is 4. The summed E-state index contributed by atoms with van der Waals surface area (Å²) in [6, 6.07) is 0. The van der Waals surface area contributed by atoms with Crippen LogP contribution < -0.4 is 0 Å². The summed E-state index contributed by atoms with van der Waals surface area (Å²) in [6.45, 7) is 2.45. The van der Waals surface area contributed by atoms with Crippen LogP contribution in [-0.2, 0) is 14.2 Å². The fraction of sp³-hybridized carbons (Fsp3) is 1.00. The molecule has 0 bridgehead atoms. The van der Waals surface area contributed by atoms with Crippen LogP contribution in [0.1, 0.15) is 13.3 Å². The Labute approximate surface area is 78.8 Å². The second-order valence-corrected chi connectivity index (χ2v) is 3.25. The number of aliphatic hydroxyl groups excluding tert-OH is 1. The number of hydrogen-bond donors (Lipinski definition) is 1. The normalized spacial score (nSPS) is 36.5. The first-order valence-corrected chi connectivity index (χ1v) is 4.59. The van der Waals surface area contributed by atoms with E-state index >= 15 is 0 Å². The van der Waals surface area contributed by atoms with Gasteiger partial charge in [-0.25, -0.2) is 0 Å². The van der Waals surface area contributed by atoms with Gasteiger partial charge < -0.3 is 19.3 Å². The molecule has 0 aromatic heterocycles. The van der Waals surface area contributed by atoms with Crippen molar-refractivity contribution in [3.63, 3.8) is 0 Å². The maximum atomic E-state index is 9.75. The Balaban J connectivity index is 2.52. The third-order valence-electron chi connectivity index (χ3n) is 2.54. The van der Waals surface area contributed by atoms with Crippen LogP contribution in [0.4, 0.5) is 0 Å². The van der Waals surface area contributed by atoms with Crippen molar-refractivity contribution >= 4 is 0 Å². The van der Waals surface area contributed by atoms with Gasteiger partial charge in [-0.3, -0.25) is 0 Å². The molecular formula is C9H18O4. The Hall–Kier alpha value is -0.160. The lowest BCUT2D eigenvalue weighted by Gasteiger charge is -2.23. The van der Waals surface area contributed by atoms with Crippen molar-refractivity contribution in [3.8, 4) is 0 Å². The van der Waals surface area contributed by atoms with Crippen molar-refractivity contribution in [2.75, 3.05) is 20.8 Å². The monoisotopic (exact) mass is 190 g/mol. The first kappa shape index (κ1) is 10.9. The third-order valence-corrected chi connectivity index (χ3v) is 2.54. The highest BCUT2D eigenvalue weighted by atomic mass is 16.6. The van der Waals surface area contributed by atoms with Gasteiger partial charge in [0.2, 0.25) is 0 Å². The Morgan fingerprint density at radius 1 is 1.54 bits per heavy atom. The van der Waals surface area contributed by atoms with Gasteiger partial charge in [0.05, 0.1) is 12.7 Å². The summed E-state index contributed by atoms with van der Waals surface area (Å²) in [4.78, 5) is 0. The maximum absolute atomic E-state index is 9.75. The lowest BCUT2D eigenvalue weighted by Crippen LogP contribution is -2.39. The molecule has 1 saturated heterocycles. The van der Waals surface area contributed by atoms with Crippen LogP contribution in [0, 0.1) is 0 Å². The summed E-state index contributed by atoms with van der Waals surface area (Å²) in [5, 5.41) is 9.75. The molecule has 1 aliphatic rings. The highest BCUT2D eigenvalue weighted by Crippen LogP contribution is 2.22. The summed E-state index contributed by atoms with van der Waals surface area (Å²) < 4.78 is 15.7. The van der Waals surface area contributed by atoms with Gasteiger partial charge in [0.1, 0.15) is 18.3 Å². The molecule has 1 rings (SSSR count). The second kappa shape index (κ2) is 4.91. The molecule has 78 valence electrons. The standard InChI is InChI=1S/C9H18O4/c1-4-6(11-2)9-8(10)7(12-3)5-13-9/h6-10H,4-5H2,1-3H3/t6-,7-,8-,9-/m1/s1. The van der Waals surface area contributed by atoms with Crippen molar-refractivity contribution in [2.45, 2.75) is 37.8 Å². The molecule has 0 aromatic rings. The predicted octanol–water partition coefficient (Wildman–Crippen LogP) is 0.186. The molecule has 4 atom stereocenters. The van der Waals surface area contributed by atoms with Gasteiger partial charge in [-0.05, 0) is 6.42 Å². The number of methoxy groups -OCH3 is 2. The fourth-order valence-electron chi connectivity index (χ4n) is 1.68. The number of hydrogen-bond acceptors (Lipinski definition) is 4. The van der Waals surface area contributed by atoms with Crippen molar-refractivity contribution in [3.05, 3.63) is 0 Å². The average molecular weight is 190 g/mol. The van der Waals surface area contributed by atoms with E-state index in [9.17, 15) is 5.11 Å². The van der Waals surface area contributed by atoms with Crippen LogP contribution in [0.3, 0.4) is 0 Å². The van der Waals surface area contributed by atoms with Crippen LogP contribution in [0.25, 0.3) is 0 Å². The first-order valence-electron chi connectivity index (χ1n) is 4.59. The molecule has 0 radical (unpaired) electrons. The van der Waals surface area contributed by atoms with Crippen molar-refractivity contribution in [1.29, 1.82) is 0 Å². The van der Waals surface area contributed by atoms with Crippen LogP contribution in [-0.4, -0.2) is 50.3 Å². The summed E-state index contributed by atoms with van der Waals surface area (Å²) in [5.41, 5.74) is 0. The molecule has 4 nitrogen and oxygen atoms in total. The first-order chi connectivity index (χ1) is 6.24. The highest BCUT2D eigenvalue weighted by molar-refractivity contribution is 4.88. The summed E-state index contributed by atoms with van der Waals surface area (Å²) in [5.74, 6) is 0. The maximum Gasteiger partial charge on any atom is 0.112 e. The number of aliphatic hydroxyl groups is 1. The van der Waals surface area contributed by atoms with Crippen molar-refractivity contribution in [2.24, 2.45) is 0 Å². The van der Waals surface area contributed by atoms with E-state index in [-0.39, 0.29) is 18.3 Å². The van der Waals surface area contributed by atoms with Gasteiger partial charge >= 0.3 is 0 Å². The lowest BCUT2D eigenvalue weighted by atomic mass is 10.0. The zero-order valence-electron chi connectivity index (χ0n) is 8.40. The number of ether oxygens (including phenoxy) is 3. The molecule has 0 aliphatic carbocycles. The van der Waals surface area contributed by atoms with E-state index in [1.807, 2.05) is 6.92 Å². The largest absolute Gasteiger partial charge is 0.387 e. The smallest absolute Gasteiger partial charge is 0.112 e. The minimum Gasteiger partial charge on any atom is -0.387 e. The van der Waals surface area contributed by atoms with Gasteiger partial charge in [-0.2, -0.15) is 0 Å². The Kier molecular flexibility index (Phi) is 4.12. The van der Waals surface area contributed by atoms with E-state index < -0.39 is 6.10 Å². The average Bonchev–Trinajstić information content (AvgIpc) is 2.50. The molecule has 0 spiro atoms. The Morgan fingerprint density at radius 3 is 2.62 bits per heavy atom. The summed E-state index contributed by atoms with van der Waals surface area (Å²) >= 11 is 0. The van der Waals surface area contributed by atoms with E-state index in [0.717, 1.165) is 6.42 Å². The van der Waals surface area contributed by atoms with Gasteiger partial charge in [0.15, 0.2) is 0 Å².